The number of ether oxygens (including phenoxy) is 1. The smallest absolute Gasteiger partial charge is 0.223 e. The molecule has 1 aliphatic carbocycles. The molecule has 98 valence electrons. The SMILES string of the molecule is Cc1cnc(C2CN(C(=O)CC3CC3)CCO2)[nH]1. The molecule has 0 bridgehead atoms. The molecule has 5 nitrogen and oxygen atoms in total. The lowest BCUT2D eigenvalue weighted by Crippen LogP contribution is -2.42. The van der Waals surface area contributed by atoms with Gasteiger partial charge in [0, 0.05) is 24.9 Å². The van der Waals surface area contributed by atoms with E-state index < -0.39 is 0 Å². The number of imidazole rings is 1. The van der Waals surface area contributed by atoms with E-state index in [1.807, 2.05) is 11.8 Å². The number of hydrogen-bond donors (Lipinski definition) is 1. The largest absolute Gasteiger partial charge is 0.367 e. The van der Waals surface area contributed by atoms with E-state index in [1.165, 1.54) is 12.8 Å². The molecule has 1 unspecified atom stereocenters. The molecule has 2 heterocycles. The van der Waals surface area contributed by atoms with Crippen molar-refractivity contribution in [1.82, 2.24) is 14.9 Å². The van der Waals surface area contributed by atoms with Crippen LogP contribution in [0.25, 0.3) is 0 Å². The van der Waals surface area contributed by atoms with Crippen molar-refractivity contribution in [3.63, 3.8) is 0 Å². The molecule has 1 saturated heterocycles. The van der Waals surface area contributed by atoms with Crippen LogP contribution in [0.3, 0.4) is 0 Å². The molecule has 1 aromatic heterocycles. The number of nitrogens with zero attached hydrogens (tertiary/aromatic N) is 2. The van der Waals surface area contributed by atoms with Crippen LogP contribution in [0, 0.1) is 12.8 Å². The minimum Gasteiger partial charge on any atom is -0.367 e. The Bertz CT molecular complexity index is 439. The number of aromatic amines is 1. The first kappa shape index (κ1) is 11.7. The molecule has 1 aromatic rings. The van der Waals surface area contributed by atoms with E-state index in [4.69, 9.17) is 4.74 Å². The van der Waals surface area contributed by atoms with Crippen molar-refractivity contribution in [2.75, 3.05) is 19.7 Å². The molecule has 2 fully saturated rings. The number of nitrogens with one attached hydrogen (secondary N) is 1. The minimum absolute atomic E-state index is 0.101. The number of aromatic nitrogens is 2. The molecule has 1 atom stereocenters. The summed E-state index contributed by atoms with van der Waals surface area (Å²) in [5, 5.41) is 0. The third kappa shape index (κ3) is 2.56. The predicted octanol–water partition coefficient (Wildman–Crippen LogP) is 1.42. The Balaban J connectivity index is 1.62. The molecule has 5 heteroatoms. The number of rotatable bonds is 3. The second kappa shape index (κ2) is 4.72. The van der Waals surface area contributed by atoms with Gasteiger partial charge in [-0.15, -0.1) is 0 Å². The number of carbonyl (C=O) groups excluding carboxylic acids is 1. The van der Waals surface area contributed by atoms with Crippen molar-refractivity contribution in [2.45, 2.75) is 32.3 Å². The Morgan fingerprint density at radius 1 is 1.61 bits per heavy atom. The van der Waals surface area contributed by atoms with E-state index in [2.05, 4.69) is 9.97 Å². The van der Waals surface area contributed by atoms with Gasteiger partial charge in [0.15, 0.2) is 0 Å². The Morgan fingerprint density at radius 2 is 2.44 bits per heavy atom. The third-order valence-corrected chi connectivity index (χ3v) is 3.61. The van der Waals surface area contributed by atoms with Gasteiger partial charge in [0.1, 0.15) is 11.9 Å². The molecule has 1 amide bonds. The van der Waals surface area contributed by atoms with Crippen LogP contribution >= 0.6 is 0 Å². The number of carbonyl (C=O) groups is 1. The van der Waals surface area contributed by atoms with Crippen molar-refractivity contribution >= 4 is 5.91 Å². The van der Waals surface area contributed by atoms with Crippen LogP contribution in [0.15, 0.2) is 6.20 Å². The standard InChI is InChI=1S/C13H19N3O2/c1-9-7-14-13(15-9)11-8-16(4-5-18-11)12(17)6-10-2-3-10/h7,10-11H,2-6,8H2,1H3,(H,14,15). The van der Waals surface area contributed by atoms with Crippen LogP contribution in [0.5, 0.6) is 0 Å². The van der Waals surface area contributed by atoms with Gasteiger partial charge >= 0.3 is 0 Å². The Hall–Kier alpha value is -1.36. The van der Waals surface area contributed by atoms with Crippen LogP contribution in [0.2, 0.25) is 0 Å². The van der Waals surface area contributed by atoms with Crippen LogP contribution < -0.4 is 0 Å². The van der Waals surface area contributed by atoms with E-state index in [0.717, 1.165) is 11.5 Å². The first-order chi connectivity index (χ1) is 8.72. The number of aryl methyl sites for hydroxylation is 1. The van der Waals surface area contributed by atoms with Gasteiger partial charge in [-0.2, -0.15) is 0 Å². The number of amides is 1. The summed E-state index contributed by atoms with van der Waals surface area (Å²) in [5.74, 6) is 1.75. The van der Waals surface area contributed by atoms with Crippen molar-refractivity contribution in [3.05, 3.63) is 17.7 Å². The summed E-state index contributed by atoms with van der Waals surface area (Å²) in [6, 6.07) is 0. The quantitative estimate of drug-likeness (QED) is 0.881. The van der Waals surface area contributed by atoms with E-state index in [0.29, 0.717) is 32.0 Å². The average molecular weight is 249 g/mol. The lowest BCUT2D eigenvalue weighted by Gasteiger charge is -2.32. The van der Waals surface area contributed by atoms with Crippen molar-refractivity contribution < 1.29 is 9.53 Å². The zero-order valence-corrected chi connectivity index (χ0v) is 10.7. The van der Waals surface area contributed by atoms with E-state index in [-0.39, 0.29) is 12.0 Å². The van der Waals surface area contributed by atoms with Crippen LogP contribution in [0.1, 0.15) is 36.9 Å². The van der Waals surface area contributed by atoms with Gasteiger partial charge in [0.05, 0.1) is 13.2 Å². The molecule has 2 aliphatic rings. The second-order valence-corrected chi connectivity index (χ2v) is 5.30. The fourth-order valence-corrected chi connectivity index (χ4v) is 2.34. The highest BCUT2D eigenvalue weighted by atomic mass is 16.5. The Labute approximate surface area is 107 Å². The highest BCUT2D eigenvalue weighted by Gasteiger charge is 2.31. The normalized spacial score (nSPS) is 24.3. The molecule has 0 radical (unpaired) electrons. The summed E-state index contributed by atoms with van der Waals surface area (Å²) >= 11 is 0. The summed E-state index contributed by atoms with van der Waals surface area (Å²) in [5.41, 5.74) is 1.02. The summed E-state index contributed by atoms with van der Waals surface area (Å²) in [6.07, 6.45) is 4.84. The topological polar surface area (TPSA) is 58.2 Å². The third-order valence-electron chi connectivity index (χ3n) is 3.61. The fraction of sp³-hybridized carbons (Fsp3) is 0.692. The van der Waals surface area contributed by atoms with Gasteiger partial charge in [-0.25, -0.2) is 4.98 Å². The monoisotopic (exact) mass is 249 g/mol. The summed E-state index contributed by atoms with van der Waals surface area (Å²) in [6.45, 7) is 3.90. The van der Waals surface area contributed by atoms with E-state index in [1.54, 1.807) is 6.20 Å². The molecule has 3 rings (SSSR count). The van der Waals surface area contributed by atoms with Crippen LogP contribution in [-0.2, 0) is 9.53 Å². The second-order valence-electron chi connectivity index (χ2n) is 5.30. The first-order valence-electron chi connectivity index (χ1n) is 6.63. The van der Waals surface area contributed by atoms with Gasteiger partial charge < -0.3 is 14.6 Å². The van der Waals surface area contributed by atoms with Gasteiger partial charge in [-0.3, -0.25) is 4.79 Å². The molecule has 1 aliphatic heterocycles. The summed E-state index contributed by atoms with van der Waals surface area (Å²) in [7, 11) is 0. The molecule has 0 aromatic carbocycles. The summed E-state index contributed by atoms with van der Waals surface area (Å²) in [4.78, 5) is 21.5. The summed E-state index contributed by atoms with van der Waals surface area (Å²) < 4.78 is 5.69. The molecular formula is C13H19N3O2. The van der Waals surface area contributed by atoms with Crippen LogP contribution in [-0.4, -0.2) is 40.5 Å². The van der Waals surface area contributed by atoms with E-state index >= 15 is 0 Å². The van der Waals surface area contributed by atoms with Gasteiger partial charge in [-0.05, 0) is 25.7 Å². The maximum atomic E-state index is 12.1. The van der Waals surface area contributed by atoms with E-state index in [9.17, 15) is 4.79 Å². The highest BCUT2D eigenvalue weighted by Crippen LogP contribution is 2.33. The number of H-pyrrole nitrogens is 1. The Morgan fingerprint density at radius 3 is 3.11 bits per heavy atom. The van der Waals surface area contributed by atoms with Crippen molar-refractivity contribution in [2.24, 2.45) is 5.92 Å². The number of morpholine rings is 1. The maximum absolute atomic E-state index is 12.1. The maximum Gasteiger partial charge on any atom is 0.223 e. The molecular weight excluding hydrogens is 230 g/mol. The van der Waals surface area contributed by atoms with Crippen molar-refractivity contribution in [3.8, 4) is 0 Å². The van der Waals surface area contributed by atoms with Crippen LogP contribution in [0.4, 0.5) is 0 Å². The van der Waals surface area contributed by atoms with Crippen molar-refractivity contribution in [1.29, 1.82) is 0 Å². The Kier molecular flexibility index (Phi) is 3.07. The van der Waals surface area contributed by atoms with Gasteiger partial charge in [-0.1, -0.05) is 0 Å². The zero-order chi connectivity index (χ0) is 12.5. The lowest BCUT2D eigenvalue weighted by molar-refractivity contribution is -0.139. The predicted molar refractivity (Wildman–Crippen MR) is 65.9 cm³/mol. The molecule has 0 spiro atoms. The van der Waals surface area contributed by atoms with Gasteiger partial charge in [0.2, 0.25) is 5.91 Å². The first-order valence-corrected chi connectivity index (χ1v) is 6.63. The number of hydrogen-bond acceptors (Lipinski definition) is 3. The lowest BCUT2D eigenvalue weighted by atomic mass is 10.2. The zero-order valence-electron chi connectivity index (χ0n) is 10.7. The average Bonchev–Trinajstić information content (AvgIpc) is 3.08. The fourth-order valence-electron chi connectivity index (χ4n) is 2.34. The molecule has 18 heavy (non-hydrogen) atoms. The molecule has 1 saturated carbocycles. The highest BCUT2D eigenvalue weighted by molar-refractivity contribution is 5.76. The minimum atomic E-state index is -0.101. The molecule has 1 N–H and O–H groups in total. The van der Waals surface area contributed by atoms with Gasteiger partial charge in [0.25, 0.3) is 0 Å².